The molecule has 1 aliphatic rings. The molecule has 1 unspecified atom stereocenters. The Balaban J connectivity index is 2.16. The van der Waals surface area contributed by atoms with E-state index in [1.165, 1.54) is 22.7 Å². The maximum absolute atomic E-state index is 12.1. The van der Waals surface area contributed by atoms with Crippen LogP contribution in [-0.2, 0) is 14.9 Å². The van der Waals surface area contributed by atoms with Crippen molar-refractivity contribution in [2.75, 3.05) is 33.8 Å². The van der Waals surface area contributed by atoms with Crippen molar-refractivity contribution in [1.29, 1.82) is 0 Å². The lowest BCUT2D eigenvalue weighted by Gasteiger charge is -2.33. The summed E-state index contributed by atoms with van der Waals surface area (Å²) in [6, 6.07) is 7.27. The zero-order valence-corrected chi connectivity index (χ0v) is 12.5. The molecule has 1 aliphatic heterocycles. The fourth-order valence-electron chi connectivity index (χ4n) is 1.95. The second-order valence-corrected chi connectivity index (χ2v) is 7.14. The van der Waals surface area contributed by atoms with Gasteiger partial charge in [0.25, 0.3) is 10.2 Å². The van der Waals surface area contributed by atoms with Gasteiger partial charge in [0.15, 0.2) is 0 Å². The second-order valence-electron chi connectivity index (χ2n) is 4.56. The lowest BCUT2D eigenvalue weighted by atomic mass is 10.1. The number of rotatable bonds is 3. The maximum atomic E-state index is 12.1. The Morgan fingerprint density at radius 2 is 1.95 bits per heavy atom. The summed E-state index contributed by atoms with van der Waals surface area (Å²) < 4.78 is 32.5. The van der Waals surface area contributed by atoms with E-state index in [2.05, 4.69) is 0 Å². The van der Waals surface area contributed by atoms with Crippen LogP contribution in [0, 0.1) is 0 Å². The molecule has 0 aromatic heterocycles. The van der Waals surface area contributed by atoms with E-state index in [0.29, 0.717) is 24.7 Å². The molecule has 1 atom stereocenters. The first-order valence-corrected chi connectivity index (χ1v) is 7.73. The van der Waals surface area contributed by atoms with Crippen molar-refractivity contribution in [3.05, 3.63) is 34.9 Å². The summed E-state index contributed by atoms with van der Waals surface area (Å²) in [6.07, 6.45) is -0.249. The van der Waals surface area contributed by atoms with Crippen LogP contribution in [0.4, 0.5) is 0 Å². The van der Waals surface area contributed by atoms with Crippen molar-refractivity contribution < 1.29 is 13.2 Å². The molecule has 0 radical (unpaired) electrons. The molecule has 106 valence electrons. The molecule has 1 heterocycles. The predicted octanol–water partition coefficient (Wildman–Crippen LogP) is 1.52. The zero-order valence-electron chi connectivity index (χ0n) is 10.9. The molecule has 1 aromatic carbocycles. The van der Waals surface area contributed by atoms with Gasteiger partial charge in [0.2, 0.25) is 0 Å². The van der Waals surface area contributed by atoms with Gasteiger partial charge in [-0.15, -0.1) is 0 Å². The van der Waals surface area contributed by atoms with Crippen LogP contribution in [0.3, 0.4) is 0 Å². The van der Waals surface area contributed by atoms with Crippen LogP contribution >= 0.6 is 11.6 Å². The number of hydrogen-bond donors (Lipinski definition) is 0. The lowest BCUT2D eigenvalue weighted by Crippen LogP contribution is -2.47. The van der Waals surface area contributed by atoms with Crippen molar-refractivity contribution >= 4 is 21.8 Å². The van der Waals surface area contributed by atoms with E-state index in [0.717, 1.165) is 5.56 Å². The number of benzene rings is 1. The number of halogens is 1. The molecule has 2 rings (SSSR count). The Labute approximate surface area is 118 Å². The summed E-state index contributed by atoms with van der Waals surface area (Å²) in [6.45, 7) is 1.09. The van der Waals surface area contributed by atoms with Gasteiger partial charge in [-0.2, -0.15) is 17.0 Å². The normalized spacial score (nSPS) is 21.8. The summed E-state index contributed by atoms with van der Waals surface area (Å²) in [5.74, 6) is 0. The minimum absolute atomic E-state index is 0.249. The van der Waals surface area contributed by atoms with Crippen LogP contribution in [0.5, 0.6) is 0 Å². The molecule has 5 nitrogen and oxygen atoms in total. The van der Waals surface area contributed by atoms with Gasteiger partial charge in [0.1, 0.15) is 0 Å². The van der Waals surface area contributed by atoms with Crippen LogP contribution in [0.2, 0.25) is 5.02 Å². The van der Waals surface area contributed by atoms with Gasteiger partial charge in [-0.25, -0.2) is 0 Å². The molecular formula is C12H17ClN2O3S. The van der Waals surface area contributed by atoms with Gasteiger partial charge in [-0.05, 0) is 17.7 Å². The van der Waals surface area contributed by atoms with Crippen molar-refractivity contribution in [3.8, 4) is 0 Å². The first kappa shape index (κ1) is 14.7. The van der Waals surface area contributed by atoms with E-state index in [-0.39, 0.29) is 6.10 Å². The smallest absolute Gasteiger partial charge is 0.281 e. The maximum Gasteiger partial charge on any atom is 0.281 e. The predicted molar refractivity (Wildman–Crippen MR) is 74.3 cm³/mol. The first-order chi connectivity index (χ1) is 8.91. The van der Waals surface area contributed by atoms with Gasteiger partial charge in [-0.1, -0.05) is 23.7 Å². The van der Waals surface area contributed by atoms with Gasteiger partial charge in [-0.3, -0.25) is 0 Å². The third-order valence-electron chi connectivity index (χ3n) is 3.06. The van der Waals surface area contributed by atoms with Crippen LogP contribution < -0.4 is 0 Å². The zero-order chi connectivity index (χ0) is 14.0. The van der Waals surface area contributed by atoms with Gasteiger partial charge in [0.05, 0.1) is 12.7 Å². The fraction of sp³-hybridized carbons (Fsp3) is 0.500. The molecule has 0 N–H and O–H groups in total. The summed E-state index contributed by atoms with van der Waals surface area (Å²) >= 11 is 5.84. The van der Waals surface area contributed by atoms with Crippen LogP contribution in [-0.4, -0.2) is 50.8 Å². The molecule has 7 heteroatoms. The third-order valence-corrected chi connectivity index (χ3v) is 5.22. The topological polar surface area (TPSA) is 49.9 Å². The van der Waals surface area contributed by atoms with Gasteiger partial charge < -0.3 is 4.74 Å². The standard InChI is InChI=1S/C12H17ClN2O3S/c1-14(2)19(16,17)15-7-8-18-12(9-15)10-3-5-11(13)6-4-10/h3-6,12H,7-9H2,1-2H3. The fourth-order valence-corrected chi connectivity index (χ4v) is 3.16. The van der Waals surface area contributed by atoms with Gasteiger partial charge >= 0.3 is 0 Å². The SMILES string of the molecule is CN(C)S(=O)(=O)N1CCOC(c2ccc(Cl)cc2)C1. The van der Waals surface area contributed by atoms with E-state index >= 15 is 0 Å². The minimum atomic E-state index is -3.39. The highest BCUT2D eigenvalue weighted by atomic mass is 35.5. The van der Waals surface area contributed by atoms with Crippen LogP contribution in [0.25, 0.3) is 0 Å². The van der Waals surface area contributed by atoms with Crippen LogP contribution in [0.15, 0.2) is 24.3 Å². The molecule has 19 heavy (non-hydrogen) atoms. The summed E-state index contributed by atoms with van der Waals surface area (Å²) in [5, 5.41) is 0.650. The Kier molecular flexibility index (Phi) is 4.47. The average Bonchev–Trinajstić information content (AvgIpc) is 2.39. The van der Waals surface area contributed by atoms with E-state index in [4.69, 9.17) is 16.3 Å². The minimum Gasteiger partial charge on any atom is -0.371 e. The first-order valence-electron chi connectivity index (χ1n) is 5.96. The molecule has 0 bridgehead atoms. The van der Waals surface area contributed by atoms with E-state index < -0.39 is 10.2 Å². The molecule has 0 amide bonds. The summed E-state index contributed by atoms with van der Waals surface area (Å²) in [5.41, 5.74) is 0.933. The Hall–Kier alpha value is -0.660. The van der Waals surface area contributed by atoms with E-state index in [9.17, 15) is 8.42 Å². The third kappa shape index (κ3) is 3.27. The van der Waals surface area contributed by atoms with Crippen molar-refractivity contribution in [2.24, 2.45) is 0 Å². The monoisotopic (exact) mass is 304 g/mol. The molecular weight excluding hydrogens is 288 g/mol. The van der Waals surface area contributed by atoms with Crippen molar-refractivity contribution in [2.45, 2.75) is 6.10 Å². The largest absolute Gasteiger partial charge is 0.371 e. The molecule has 1 aromatic rings. The molecule has 0 spiro atoms. The number of morpholine rings is 1. The summed E-state index contributed by atoms with van der Waals surface area (Å²) in [4.78, 5) is 0. The lowest BCUT2D eigenvalue weighted by molar-refractivity contribution is -0.00386. The van der Waals surface area contributed by atoms with E-state index in [1.807, 2.05) is 12.1 Å². The van der Waals surface area contributed by atoms with Gasteiger partial charge in [0, 0.05) is 32.2 Å². The molecule has 1 fully saturated rings. The average molecular weight is 305 g/mol. The molecule has 1 saturated heterocycles. The number of nitrogens with zero attached hydrogens (tertiary/aromatic N) is 2. The summed E-state index contributed by atoms with van der Waals surface area (Å²) in [7, 11) is -0.329. The highest BCUT2D eigenvalue weighted by molar-refractivity contribution is 7.86. The second kappa shape index (κ2) is 5.76. The van der Waals surface area contributed by atoms with E-state index in [1.54, 1.807) is 12.1 Å². The Morgan fingerprint density at radius 3 is 2.53 bits per heavy atom. The Bertz CT molecular complexity index is 530. The van der Waals surface area contributed by atoms with Crippen molar-refractivity contribution in [1.82, 2.24) is 8.61 Å². The molecule has 0 saturated carbocycles. The quantitative estimate of drug-likeness (QED) is 0.851. The number of hydrogen-bond acceptors (Lipinski definition) is 3. The highest BCUT2D eigenvalue weighted by Gasteiger charge is 2.31. The number of ether oxygens (including phenoxy) is 1. The highest BCUT2D eigenvalue weighted by Crippen LogP contribution is 2.25. The van der Waals surface area contributed by atoms with Crippen molar-refractivity contribution in [3.63, 3.8) is 0 Å². The Morgan fingerprint density at radius 1 is 1.32 bits per heavy atom. The van der Waals surface area contributed by atoms with Crippen LogP contribution in [0.1, 0.15) is 11.7 Å². The molecule has 0 aliphatic carbocycles.